The summed E-state index contributed by atoms with van der Waals surface area (Å²) in [5, 5.41) is 5.51. The maximum Gasteiger partial charge on any atom is 0.325 e. The molecular formula is C26H29N3O7. The highest BCUT2D eigenvalue weighted by atomic mass is 16.6. The summed E-state index contributed by atoms with van der Waals surface area (Å²) in [6.07, 6.45) is 0.888. The Hall–Kier alpha value is -3.95. The van der Waals surface area contributed by atoms with Crippen molar-refractivity contribution in [3.05, 3.63) is 47.0 Å². The average Bonchev–Trinajstić information content (AvgIpc) is 3.33. The zero-order valence-corrected chi connectivity index (χ0v) is 20.5. The Morgan fingerprint density at radius 1 is 1.17 bits per heavy atom. The molecule has 190 valence electrons. The summed E-state index contributed by atoms with van der Waals surface area (Å²) >= 11 is 0. The first-order chi connectivity index (χ1) is 17.3. The number of carbonyl (C=O) groups is 3. The fourth-order valence-electron chi connectivity index (χ4n) is 4.69. The van der Waals surface area contributed by atoms with Gasteiger partial charge in [0.05, 0.1) is 6.61 Å². The first-order valence-electron chi connectivity index (χ1n) is 12.0. The predicted molar refractivity (Wildman–Crippen MR) is 128 cm³/mol. The highest BCUT2D eigenvalue weighted by Gasteiger charge is 2.49. The van der Waals surface area contributed by atoms with Crippen LogP contribution in [0.4, 0.5) is 4.79 Å². The maximum absolute atomic E-state index is 13.3. The van der Waals surface area contributed by atoms with Crippen LogP contribution in [0.15, 0.2) is 30.3 Å². The molecule has 10 nitrogen and oxygen atoms in total. The zero-order valence-electron chi connectivity index (χ0n) is 20.5. The van der Waals surface area contributed by atoms with Gasteiger partial charge in [0, 0.05) is 24.1 Å². The van der Waals surface area contributed by atoms with Crippen LogP contribution in [0, 0.1) is 0 Å². The molecule has 0 spiro atoms. The van der Waals surface area contributed by atoms with E-state index in [-0.39, 0.29) is 12.6 Å². The minimum atomic E-state index is -1.33. The third-order valence-corrected chi connectivity index (χ3v) is 6.55. The van der Waals surface area contributed by atoms with Crippen LogP contribution < -0.4 is 29.6 Å². The van der Waals surface area contributed by atoms with E-state index in [0.29, 0.717) is 42.6 Å². The van der Waals surface area contributed by atoms with Crippen molar-refractivity contribution in [2.75, 3.05) is 26.4 Å². The van der Waals surface area contributed by atoms with E-state index in [1.165, 1.54) is 0 Å². The number of rotatable bonds is 7. The van der Waals surface area contributed by atoms with Crippen molar-refractivity contribution in [1.29, 1.82) is 0 Å². The largest absolute Gasteiger partial charge is 0.494 e. The number of nitrogens with one attached hydrogen (secondary N) is 2. The second-order valence-corrected chi connectivity index (χ2v) is 9.21. The highest BCUT2D eigenvalue weighted by molar-refractivity contribution is 6.09. The molecule has 0 aliphatic carbocycles. The normalized spacial score (nSPS) is 22.1. The molecule has 1 saturated heterocycles. The SMILES string of the molecule is CCOc1cc2c(cc1CNC(=O)CN1C(=O)NC(C)(c3ccc4c(c3)OCCO4)C1=O)OC(C)C2. The van der Waals surface area contributed by atoms with Crippen LogP contribution in [0.25, 0.3) is 0 Å². The predicted octanol–water partition coefficient (Wildman–Crippen LogP) is 2.26. The fourth-order valence-corrected chi connectivity index (χ4v) is 4.69. The molecule has 2 atom stereocenters. The molecule has 5 rings (SSSR count). The lowest BCUT2D eigenvalue weighted by Gasteiger charge is -2.25. The summed E-state index contributed by atoms with van der Waals surface area (Å²) in [4.78, 5) is 39.6. The van der Waals surface area contributed by atoms with E-state index in [2.05, 4.69) is 10.6 Å². The van der Waals surface area contributed by atoms with Gasteiger partial charge < -0.3 is 29.6 Å². The number of nitrogens with zero attached hydrogens (tertiary/aromatic N) is 1. The average molecular weight is 496 g/mol. The second-order valence-electron chi connectivity index (χ2n) is 9.21. The molecule has 3 heterocycles. The third-order valence-electron chi connectivity index (χ3n) is 6.55. The van der Waals surface area contributed by atoms with Crippen molar-refractivity contribution in [1.82, 2.24) is 15.5 Å². The maximum atomic E-state index is 13.3. The van der Waals surface area contributed by atoms with Crippen molar-refractivity contribution in [3.8, 4) is 23.0 Å². The molecule has 0 bridgehead atoms. The number of hydrogen-bond donors (Lipinski definition) is 2. The van der Waals surface area contributed by atoms with Crippen molar-refractivity contribution in [2.45, 2.75) is 45.4 Å². The van der Waals surface area contributed by atoms with Crippen molar-refractivity contribution in [3.63, 3.8) is 0 Å². The minimum Gasteiger partial charge on any atom is -0.494 e. The summed E-state index contributed by atoms with van der Waals surface area (Å²) in [6.45, 7) is 6.60. The number of imide groups is 1. The first kappa shape index (κ1) is 23.8. The molecule has 3 aliphatic rings. The number of carbonyl (C=O) groups excluding carboxylic acids is 3. The molecular weight excluding hydrogens is 466 g/mol. The van der Waals surface area contributed by atoms with Gasteiger partial charge in [0.25, 0.3) is 5.91 Å². The van der Waals surface area contributed by atoms with Crippen LogP contribution >= 0.6 is 0 Å². The molecule has 2 aromatic rings. The van der Waals surface area contributed by atoms with Gasteiger partial charge >= 0.3 is 6.03 Å². The van der Waals surface area contributed by atoms with Crippen molar-refractivity contribution in [2.24, 2.45) is 0 Å². The van der Waals surface area contributed by atoms with Gasteiger partial charge in [-0.2, -0.15) is 0 Å². The zero-order chi connectivity index (χ0) is 25.4. The monoisotopic (exact) mass is 495 g/mol. The van der Waals surface area contributed by atoms with Gasteiger partial charge in [0.2, 0.25) is 5.91 Å². The van der Waals surface area contributed by atoms with Crippen LogP contribution in [0.5, 0.6) is 23.0 Å². The van der Waals surface area contributed by atoms with Crippen LogP contribution in [0.3, 0.4) is 0 Å². The number of urea groups is 1. The number of hydrogen-bond acceptors (Lipinski definition) is 7. The molecule has 10 heteroatoms. The Balaban J connectivity index is 1.26. The Labute approximate surface area is 208 Å². The Kier molecular flexibility index (Phi) is 6.11. The molecule has 4 amide bonds. The van der Waals surface area contributed by atoms with Crippen LogP contribution in [0.2, 0.25) is 0 Å². The summed E-state index contributed by atoms with van der Waals surface area (Å²) in [7, 11) is 0. The van der Waals surface area contributed by atoms with Crippen LogP contribution in [0.1, 0.15) is 37.5 Å². The Bertz CT molecular complexity index is 1230. The standard InChI is InChI=1S/C26H29N3O7/c1-4-33-20-10-16-9-15(2)36-21(16)11-17(20)13-27-23(30)14-29-24(31)26(3,28-25(29)32)18-5-6-19-22(12-18)35-8-7-34-19/h5-6,10-12,15H,4,7-9,13-14H2,1-3H3,(H,27,30)(H,28,32). The summed E-state index contributed by atoms with van der Waals surface area (Å²) in [5.41, 5.74) is 1.04. The molecule has 3 aliphatic heterocycles. The van der Waals surface area contributed by atoms with Gasteiger partial charge in [-0.1, -0.05) is 6.07 Å². The number of benzene rings is 2. The molecule has 2 N–H and O–H groups in total. The van der Waals surface area contributed by atoms with E-state index in [9.17, 15) is 14.4 Å². The number of fused-ring (bicyclic) bond motifs is 2. The lowest BCUT2D eigenvalue weighted by Crippen LogP contribution is -2.43. The lowest BCUT2D eigenvalue weighted by molar-refractivity contribution is -0.134. The van der Waals surface area contributed by atoms with E-state index in [4.69, 9.17) is 18.9 Å². The minimum absolute atomic E-state index is 0.0857. The highest BCUT2D eigenvalue weighted by Crippen LogP contribution is 2.37. The molecule has 0 radical (unpaired) electrons. The molecule has 2 unspecified atom stereocenters. The van der Waals surface area contributed by atoms with Gasteiger partial charge in [0.15, 0.2) is 11.5 Å². The fraction of sp³-hybridized carbons (Fsp3) is 0.423. The first-order valence-corrected chi connectivity index (χ1v) is 12.0. The Morgan fingerprint density at radius 2 is 1.94 bits per heavy atom. The van der Waals surface area contributed by atoms with Crippen molar-refractivity contribution < 1.29 is 33.3 Å². The smallest absolute Gasteiger partial charge is 0.325 e. The topological polar surface area (TPSA) is 115 Å². The van der Waals surface area contributed by atoms with Gasteiger partial charge in [0.1, 0.15) is 42.9 Å². The lowest BCUT2D eigenvalue weighted by atomic mass is 9.91. The van der Waals surface area contributed by atoms with Gasteiger partial charge in [-0.15, -0.1) is 0 Å². The number of amides is 4. The molecule has 0 saturated carbocycles. The molecule has 2 aromatic carbocycles. The van der Waals surface area contributed by atoms with E-state index in [1.54, 1.807) is 25.1 Å². The summed E-state index contributed by atoms with van der Waals surface area (Å²) in [6, 6.07) is 8.28. The van der Waals surface area contributed by atoms with Gasteiger partial charge in [-0.25, -0.2) is 4.79 Å². The van der Waals surface area contributed by atoms with Crippen LogP contribution in [-0.2, 0) is 28.1 Å². The van der Waals surface area contributed by atoms with Crippen LogP contribution in [-0.4, -0.2) is 55.2 Å². The van der Waals surface area contributed by atoms with E-state index in [1.807, 2.05) is 26.0 Å². The van der Waals surface area contributed by atoms with Gasteiger partial charge in [-0.05, 0) is 50.6 Å². The number of ether oxygens (including phenoxy) is 4. The van der Waals surface area contributed by atoms with E-state index < -0.39 is 29.9 Å². The third kappa shape index (κ3) is 4.27. The van der Waals surface area contributed by atoms with Gasteiger partial charge in [-0.3, -0.25) is 14.5 Å². The molecule has 1 fully saturated rings. The molecule has 0 aromatic heterocycles. The quantitative estimate of drug-likeness (QED) is 0.566. The molecule has 36 heavy (non-hydrogen) atoms. The van der Waals surface area contributed by atoms with E-state index in [0.717, 1.165) is 28.2 Å². The Morgan fingerprint density at radius 3 is 2.72 bits per heavy atom. The van der Waals surface area contributed by atoms with E-state index >= 15 is 0 Å². The second kappa shape index (κ2) is 9.25. The summed E-state index contributed by atoms with van der Waals surface area (Å²) in [5.74, 6) is 1.56. The summed E-state index contributed by atoms with van der Waals surface area (Å²) < 4.78 is 22.7. The van der Waals surface area contributed by atoms with Crippen molar-refractivity contribution >= 4 is 17.8 Å².